The van der Waals surface area contributed by atoms with Crippen molar-refractivity contribution in [3.05, 3.63) is 101 Å². The molecule has 1 aliphatic rings. The fraction of sp³-hybridized carbons (Fsp3) is 0.250. The van der Waals surface area contributed by atoms with Gasteiger partial charge >= 0.3 is 0 Å². The van der Waals surface area contributed by atoms with Crippen LogP contribution in [0.25, 0.3) is 0 Å². The maximum atomic E-state index is 13.8. The molecule has 0 N–H and O–H groups in total. The quantitative estimate of drug-likeness (QED) is 0.639. The lowest BCUT2D eigenvalue weighted by molar-refractivity contribution is -0.138. The van der Waals surface area contributed by atoms with Crippen LogP contribution in [-0.2, 0) is 22.4 Å². The van der Waals surface area contributed by atoms with Crippen LogP contribution in [0.5, 0.6) is 0 Å². The Hall–Kier alpha value is -3.12. The normalized spacial score (nSPS) is 16.5. The van der Waals surface area contributed by atoms with Crippen molar-refractivity contribution in [3.63, 3.8) is 0 Å². The number of carbonyl (C=O) groups is 1. The highest BCUT2D eigenvalue weighted by Crippen LogP contribution is 2.22. The summed E-state index contributed by atoms with van der Waals surface area (Å²) in [5, 5.41) is 0. The number of benzene rings is 2. The molecule has 6 heteroatoms. The van der Waals surface area contributed by atoms with Gasteiger partial charge in [0.15, 0.2) is 0 Å². The SMILES string of the molecule is O=C(Cc1ccc(F)cc1)N1CCO[C@H](c2ccc(Cc3ccccc3F)cn2)C1. The fourth-order valence-electron chi connectivity index (χ4n) is 3.54. The van der Waals surface area contributed by atoms with Gasteiger partial charge in [0, 0.05) is 19.2 Å². The third-order valence-electron chi connectivity index (χ3n) is 5.22. The van der Waals surface area contributed by atoms with E-state index in [0.29, 0.717) is 31.7 Å². The van der Waals surface area contributed by atoms with Gasteiger partial charge in [-0.25, -0.2) is 8.78 Å². The van der Waals surface area contributed by atoms with Crippen LogP contribution < -0.4 is 0 Å². The zero-order chi connectivity index (χ0) is 20.9. The van der Waals surface area contributed by atoms with Crippen LogP contribution in [0.4, 0.5) is 8.78 Å². The van der Waals surface area contributed by atoms with E-state index in [-0.39, 0.29) is 30.1 Å². The first-order valence-corrected chi connectivity index (χ1v) is 9.90. The molecule has 0 unspecified atom stereocenters. The summed E-state index contributed by atoms with van der Waals surface area (Å²) in [6, 6.07) is 16.4. The molecule has 1 aliphatic heterocycles. The van der Waals surface area contributed by atoms with Crippen molar-refractivity contribution in [3.8, 4) is 0 Å². The van der Waals surface area contributed by atoms with Gasteiger partial charge in [-0.3, -0.25) is 9.78 Å². The van der Waals surface area contributed by atoms with E-state index in [2.05, 4.69) is 4.98 Å². The Balaban J connectivity index is 1.38. The predicted molar refractivity (Wildman–Crippen MR) is 109 cm³/mol. The predicted octanol–water partition coefficient (Wildman–Crippen LogP) is 4.09. The molecule has 30 heavy (non-hydrogen) atoms. The molecule has 0 bridgehead atoms. The van der Waals surface area contributed by atoms with Gasteiger partial charge in [-0.1, -0.05) is 36.4 Å². The molecule has 4 nitrogen and oxygen atoms in total. The zero-order valence-corrected chi connectivity index (χ0v) is 16.4. The number of morpholine rings is 1. The number of halogens is 2. The minimum atomic E-state index is -0.317. The number of nitrogens with zero attached hydrogens (tertiary/aromatic N) is 2. The number of ether oxygens (including phenoxy) is 1. The van der Waals surface area contributed by atoms with E-state index in [1.54, 1.807) is 35.4 Å². The molecule has 1 amide bonds. The molecule has 1 atom stereocenters. The molecule has 0 spiro atoms. The second kappa shape index (κ2) is 9.13. The summed E-state index contributed by atoms with van der Waals surface area (Å²) in [4.78, 5) is 18.9. The lowest BCUT2D eigenvalue weighted by atomic mass is 10.0. The highest BCUT2D eigenvalue weighted by molar-refractivity contribution is 5.78. The standard InChI is InChI=1S/C24H22F2N2O2/c25-20-8-5-17(6-9-20)14-24(29)28-11-12-30-23(16-28)22-10-7-18(15-27-22)13-19-3-1-2-4-21(19)26/h1-10,15,23H,11-14,16H2/t23-/m0/s1. The van der Waals surface area contributed by atoms with E-state index in [4.69, 9.17) is 4.74 Å². The van der Waals surface area contributed by atoms with Gasteiger partial charge in [0.25, 0.3) is 0 Å². The number of rotatable bonds is 5. The van der Waals surface area contributed by atoms with E-state index < -0.39 is 0 Å². The van der Waals surface area contributed by atoms with Crippen molar-refractivity contribution in [2.75, 3.05) is 19.7 Å². The molecule has 0 aliphatic carbocycles. The Morgan fingerprint density at radius 2 is 1.80 bits per heavy atom. The lowest BCUT2D eigenvalue weighted by Gasteiger charge is -2.32. The molecule has 0 saturated carbocycles. The highest BCUT2D eigenvalue weighted by Gasteiger charge is 2.26. The Morgan fingerprint density at radius 1 is 1.03 bits per heavy atom. The van der Waals surface area contributed by atoms with Crippen LogP contribution in [0.2, 0.25) is 0 Å². The Morgan fingerprint density at radius 3 is 2.53 bits per heavy atom. The average molecular weight is 408 g/mol. The highest BCUT2D eigenvalue weighted by atomic mass is 19.1. The number of pyridine rings is 1. The number of aromatic nitrogens is 1. The van der Waals surface area contributed by atoms with Crippen molar-refractivity contribution >= 4 is 5.91 Å². The van der Waals surface area contributed by atoms with Crippen LogP contribution >= 0.6 is 0 Å². The molecule has 154 valence electrons. The third kappa shape index (κ3) is 4.89. The van der Waals surface area contributed by atoms with Crippen molar-refractivity contribution in [1.29, 1.82) is 0 Å². The van der Waals surface area contributed by atoms with Crippen molar-refractivity contribution in [1.82, 2.24) is 9.88 Å². The van der Waals surface area contributed by atoms with Crippen molar-refractivity contribution in [2.45, 2.75) is 18.9 Å². The minimum Gasteiger partial charge on any atom is -0.368 e. The summed E-state index contributed by atoms with van der Waals surface area (Å²) in [7, 11) is 0. The molecule has 1 saturated heterocycles. The number of carbonyl (C=O) groups excluding carboxylic acids is 1. The molecule has 1 fully saturated rings. The monoisotopic (exact) mass is 408 g/mol. The van der Waals surface area contributed by atoms with E-state index >= 15 is 0 Å². The maximum Gasteiger partial charge on any atom is 0.227 e. The van der Waals surface area contributed by atoms with Crippen LogP contribution in [0, 0.1) is 11.6 Å². The van der Waals surface area contributed by atoms with Crippen LogP contribution in [0.3, 0.4) is 0 Å². The van der Waals surface area contributed by atoms with Gasteiger partial charge in [-0.05, 0) is 41.0 Å². The summed E-state index contributed by atoms with van der Waals surface area (Å²) in [5.41, 5.74) is 3.05. The first-order valence-electron chi connectivity index (χ1n) is 9.90. The first-order chi connectivity index (χ1) is 14.6. The molecular formula is C24H22F2N2O2. The summed E-state index contributed by atoms with van der Waals surface area (Å²) in [6.45, 7) is 1.36. The van der Waals surface area contributed by atoms with Gasteiger partial charge in [0.2, 0.25) is 5.91 Å². The second-order valence-electron chi connectivity index (χ2n) is 7.36. The van der Waals surface area contributed by atoms with Gasteiger partial charge < -0.3 is 9.64 Å². The van der Waals surface area contributed by atoms with E-state index in [1.165, 1.54) is 18.2 Å². The molecule has 4 rings (SSSR count). The Kier molecular flexibility index (Phi) is 6.14. The number of amides is 1. The summed E-state index contributed by atoms with van der Waals surface area (Å²) in [5.74, 6) is -0.569. The summed E-state index contributed by atoms with van der Waals surface area (Å²) < 4.78 is 32.7. The van der Waals surface area contributed by atoms with Crippen LogP contribution in [0.1, 0.15) is 28.5 Å². The molecule has 1 aromatic heterocycles. The van der Waals surface area contributed by atoms with Crippen LogP contribution in [0.15, 0.2) is 66.9 Å². The molecule has 0 radical (unpaired) electrons. The topological polar surface area (TPSA) is 42.4 Å². The summed E-state index contributed by atoms with van der Waals surface area (Å²) in [6.07, 6.45) is 2.11. The van der Waals surface area contributed by atoms with Crippen LogP contribution in [-0.4, -0.2) is 35.5 Å². The minimum absolute atomic E-state index is 0.0221. The number of hydrogen-bond donors (Lipinski definition) is 0. The average Bonchev–Trinajstić information content (AvgIpc) is 2.77. The van der Waals surface area contributed by atoms with Crippen molar-refractivity contribution < 1.29 is 18.3 Å². The Bertz CT molecular complexity index is 1010. The maximum absolute atomic E-state index is 13.8. The summed E-state index contributed by atoms with van der Waals surface area (Å²) >= 11 is 0. The first kappa shape index (κ1) is 20.2. The van der Waals surface area contributed by atoms with Crippen molar-refractivity contribution in [2.24, 2.45) is 0 Å². The molecule has 3 aromatic rings. The van der Waals surface area contributed by atoms with Gasteiger partial charge in [-0.2, -0.15) is 0 Å². The number of hydrogen-bond acceptors (Lipinski definition) is 3. The van der Waals surface area contributed by atoms with E-state index in [0.717, 1.165) is 16.8 Å². The third-order valence-corrected chi connectivity index (χ3v) is 5.22. The lowest BCUT2D eigenvalue weighted by Crippen LogP contribution is -2.43. The molecular weight excluding hydrogens is 386 g/mol. The van der Waals surface area contributed by atoms with Gasteiger partial charge in [0.1, 0.15) is 17.7 Å². The smallest absolute Gasteiger partial charge is 0.227 e. The van der Waals surface area contributed by atoms with Gasteiger partial charge in [0.05, 0.1) is 25.3 Å². The van der Waals surface area contributed by atoms with Gasteiger partial charge in [-0.15, -0.1) is 0 Å². The van der Waals surface area contributed by atoms with E-state index in [9.17, 15) is 13.6 Å². The fourth-order valence-corrected chi connectivity index (χ4v) is 3.54. The molecule has 2 aromatic carbocycles. The zero-order valence-electron chi connectivity index (χ0n) is 16.4. The second-order valence-corrected chi connectivity index (χ2v) is 7.36. The Labute approximate surface area is 174 Å². The van der Waals surface area contributed by atoms with E-state index in [1.807, 2.05) is 18.2 Å². The largest absolute Gasteiger partial charge is 0.368 e. The molecule has 2 heterocycles.